The van der Waals surface area contributed by atoms with Crippen molar-refractivity contribution < 1.29 is 0 Å². The van der Waals surface area contributed by atoms with Crippen LogP contribution in [0.25, 0.3) is 0 Å². The highest BCUT2D eigenvalue weighted by molar-refractivity contribution is 7.99. The van der Waals surface area contributed by atoms with E-state index in [9.17, 15) is 0 Å². The van der Waals surface area contributed by atoms with Gasteiger partial charge in [0.15, 0.2) is 0 Å². The fourth-order valence-electron chi connectivity index (χ4n) is 2.29. The Morgan fingerprint density at radius 2 is 2.33 bits per heavy atom. The number of hydrogen-bond acceptors (Lipinski definition) is 4. The summed E-state index contributed by atoms with van der Waals surface area (Å²) in [5, 5.41) is 0.805. The summed E-state index contributed by atoms with van der Waals surface area (Å²) < 4.78 is 0. The van der Waals surface area contributed by atoms with E-state index in [-0.39, 0.29) is 6.04 Å². The molecule has 0 bridgehead atoms. The van der Waals surface area contributed by atoms with Gasteiger partial charge in [0, 0.05) is 29.1 Å². The van der Waals surface area contributed by atoms with E-state index >= 15 is 0 Å². The van der Waals surface area contributed by atoms with Gasteiger partial charge < -0.3 is 0 Å². The van der Waals surface area contributed by atoms with E-state index in [0.29, 0.717) is 6.04 Å². The minimum atomic E-state index is 0.126. The smallest absolute Gasteiger partial charge is 0.0623 e. The first-order valence-electron chi connectivity index (χ1n) is 6.13. The molecule has 0 aliphatic carbocycles. The third-order valence-electron chi connectivity index (χ3n) is 3.56. The van der Waals surface area contributed by atoms with Crippen molar-refractivity contribution in [2.24, 2.45) is 5.84 Å². The molecule has 1 heterocycles. The van der Waals surface area contributed by atoms with Gasteiger partial charge in [-0.15, -0.1) is 0 Å². The van der Waals surface area contributed by atoms with Crippen LogP contribution in [-0.2, 0) is 0 Å². The Morgan fingerprint density at radius 3 is 2.94 bits per heavy atom. The van der Waals surface area contributed by atoms with Crippen LogP contribution in [0.5, 0.6) is 0 Å². The zero-order valence-corrected chi connectivity index (χ0v) is 12.4. The predicted octanol–water partition coefficient (Wildman–Crippen LogP) is 2.20. The molecule has 0 saturated carbocycles. The number of thioether (sulfide) groups is 1. The van der Waals surface area contributed by atoms with Gasteiger partial charge in [-0.1, -0.05) is 23.7 Å². The maximum atomic E-state index is 6.20. The van der Waals surface area contributed by atoms with Crippen LogP contribution in [0.3, 0.4) is 0 Å². The maximum Gasteiger partial charge on any atom is 0.0623 e. The van der Waals surface area contributed by atoms with Crippen molar-refractivity contribution in [1.29, 1.82) is 0 Å². The molecule has 1 aliphatic rings. The minimum absolute atomic E-state index is 0.126. The summed E-state index contributed by atoms with van der Waals surface area (Å²) in [6, 6.07) is 6.72. The zero-order valence-electron chi connectivity index (χ0n) is 10.8. The van der Waals surface area contributed by atoms with Gasteiger partial charge in [-0.2, -0.15) is 11.8 Å². The van der Waals surface area contributed by atoms with Gasteiger partial charge in [0.25, 0.3) is 0 Å². The number of aryl methyl sites for hydroxylation is 1. The molecule has 0 aromatic heterocycles. The number of rotatable bonds is 3. The van der Waals surface area contributed by atoms with Crippen molar-refractivity contribution in [2.45, 2.75) is 19.0 Å². The Bertz CT molecular complexity index is 413. The second-order valence-corrected chi connectivity index (χ2v) is 6.33. The van der Waals surface area contributed by atoms with Gasteiger partial charge in [0.2, 0.25) is 0 Å². The Labute approximate surface area is 118 Å². The Hall–Kier alpha value is -0.260. The van der Waals surface area contributed by atoms with E-state index in [1.54, 1.807) is 0 Å². The number of hydrazine groups is 1. The van der Waals surface area contributed by atoms with E-state index in [4.69, 9.17) is 17.4 Å². The van der Waals surface area contributed by atoms with Crippen molar-refractivity contribution in [3.05, 3.63) is 34.3 Å². The SMILES string of the molecule is Cc1ccc(C(NN)C2CSCCN2C)cc1Cl. The van der Waals surface area contributed by atoms with Crippen molar-refractivity contribution >= 4 is 23.4 Å². The van der Waals surface area contributed by atoms with E-state index in [0.717, 1.165) is 28.4 Å². The quantitative estimate of drug-likeness (QED) is 0.660. The molecule has 1 aromatic rings. The molecule has 5 heteroatoms. The lowest BCUT2D eigenvalue weighted by Crippen LogP contribution is -2.49. The van der Waals surface area contributed by atoms with E-state index in [1.807, 2.05) is 24.8 Å². The molecule has 1 aliphatic heterocycles. The fourth-order valence-corrected chi connectivity index (χ4v) is 3.75. The predicted molar refractivity (Wildman–Crippen MR) is 80.0 cm³/mol. The number of hydrogen-bond donors (Lipinski definition) is 2. The molecule has 0 spiro atoms. The Kier molecular flexibility index (Phi) is 4.92. The summed E-state index contributed by atoms with van der Waals surface area (Å²) in [4.78, 5) is 2.37. The molecule has 0 radical (unpaired) electrons. The number of nitrogens with two attached hydrogens (primary N) is 1. The summed E-state index contributed by atoms with van der Waals surface area (Å²) >= 11 is 8.19. The molecule has 3 nitrogen and oxygen atoms in total. The summed E-state index contributed by atoms with van der Waals surface area (Å²) in [6.07, 6.45) is 0. The molecule has 1 fully saturated rings. The molecule has 1 saturated heterocycles. The van der Waals surface area contributed by atoms with Gasteiger partial charge >= 0.3 is 0 Å². The van der Waals surface area contributed by atoms with Crippen LogP contribution in [0, 0.1) is 6.92 Å². The molecular weight excluding hydrogens is 266 g/mol. The van der Waals surface area contributed by atoms with Crippen molar-refractivity contribution in [3.63, 3.8) is 0 Å². The van der Waals surface area contributed by atoms with Gasteiger partial charge in [-0.3, -0.25) is 16.2 Å². The van der Waals surface area contributed by atoms with Crippen molar-refractivity contribution in [1.82, 2.24) is 10.3 Å². The van der Waals surface area contributed by atoms with Crippen LogP contribution in [0.4, 0.5) is 0 Å². The first-order chi connectivity index (χ1) is 8.63. The van der Waals surface area contributed by atoms with E-state index in [1.165, 1.54) is 5.75 Å². The second-order valence-electron chi connectivity index (χ2n) is 4.78. The molecule has 1 aromatic carbocycles. The van der Waals surface area contributed by atoms with Gasteiger partial charge in [0.05, 0.1) is 6.04 Å². The molecule has 3 N–H and O–H groups in total. The molecule has 2 rings (SSSR count). The van der Waals surface area contributed by atoms with Crippen LogP contribution >= 0.6 is 23.4 Å². The lowest BCUT2D eigenvalue weighted by atomic mass is 9.98. The van der Waals surface area contributed by atoms with E-state index in [2.05, 4.69) is 29.5 Å². The van der Waals surface area contributed by atoms with Crippen LogP contribution < -0.4 is 11.3 Å². The van der Waals surface area contributed by atoms with Crippen LogP contribution in [-0.4, -0.2) is 36.0 Å². The second kappa shape index (κ2) is 6.26. The van der Waals surface area contributed by atoms with Crippen LogP contribution in [0.1, 0.15) is 17.2 Å². The average Bonchev–Trinajstić information content (AvgIpc) is 2.37. The number of likely N-dealkylation sites (N-methyl/N-ethyl adjacent to an activating group) is 1. The number of benzene rings is 1. The van der Waals surface area contributed by atoms with Gasteiger partial charge in [-0.25, -0.2) is 0 Å². The van der Waals surface area contributed by atoms with E-state index < -0.39 is 0 Å². The standard InChI is InChI=1S/C13H20ClN3S/c1-9-3-4-10(7-11(9)14)13(16-15)12-8-18-6-5-17(12)2/h3-4,7,12-13,16H,5-6,8,15H2,1-2H3. The third kappa shape index (κ3) is 3.00. The minimum Gasteiger partial charge on any atom is -0.300 e. The number of halogens is 1. The van der Waals surface area contributed by atoms with Crippen molar-refractivity contribution in [2.75, 3.05) is 25.1 Å². The van der Waals surface area contributed by atoms with Crippen LogP contribution in [0.2, 0.25) is 5.02 Å². The molecule has 2 atom stereocenters. The Morgan fingerprint density at radius 1 is 1.56 bits per heavy atom. The number of nitrogens with zero attached hydrogens (tertiary/aromatic N) is 1. The first kappa shape index (κ1) is 14.2. The maximum absolute atomic E-state index is 6.20. The topological polar surface area (TPSA) is 41.3 Å². The zero-order chi connectivity index (χ0) is 13.1. The summed E-state index contributed by atoms with van der Waals surface area (Å²) in [5.74, 6) is 8.04. The normalized spacial score (nSPS) is 23.0. The van der Waals surface area contributed by atoms with Crippen molar-refractivity contribution in [3.8, 4) is 0 Å². The largest absolute Gasteiger partial charge is 0.300 e. The highest BCUT2D eigenvalue weighted by atomic mass is 35.5. The highest BCUT2D eigenvalue weighted by Gasteiger charge is 2.28. The average molecular weight is 286 g/mol. The summed E-state index contributed by atoms with van der Waals surface area (Å²) in [7, 11) is 2.16. The molecule has 0 amide bonds. The monoisotopic (exact) mass is 285 g/mol. The molecule has 100 valence electrons. The lowest BCUT2D eigenvalue weighted by molar-refractivity contribution is 0.216. The molecule has 18 heavy (non-hydrogen) atoms. The first-order valence-corrected chi connectivity index (χ1v) is 7.67. The van der Waals surface area contributed by atoms with Gasteiger partial charge in [0.1, 0.15) is 0 Å². The Balaban J connectivity index is 2.23. The molecule has 2 unspecified atom stereocenters. The third-order valence-corrected chi connectivity index (χ3v) is 5.02. The summed E-state index contributed by atoms with van der Waals surface area (Å²) in [6.45, 7) is 3.12. The summed E-state index contributed by atoms with van der Waals surface area (Å²) in [5.41, 5.74) is 5.21. The highest BCUT2D eigenvalue weighted by Crippen LogP contribution is 2.28. The fraction of sp³-hybridized carbons (Fsp3) is 0.538. The van der Waals surface area contributed by atoms with Crippen LogP contribution in [0.15, 0.2) is 18.2 Å². The molecular formula is C13H20ClN3S. The van der Waals surface area contributed by atoms with Gasteiger partial charge in [-0.05, 0) is 31.2 Å². The number of nitrogens with one attached hydrogen (secondary N) is 1. The lowest BCUT2D eigenvalue weighted by Gasteiger charge is -2.37.